The number of likely N-dealkylation sites (tertiary alicyclic amines) is 1. The van der Waals surface area contributed by atoms with E-state index in [9.17, 15) is 0 Å². The Labute approximate surface area is 144 Å². The number of hydrogen-bond donors (Lipinski definition) is 1. The predicted octanol–water partition coefficient (Wildman–Crippen LogP) is 3.54. The van der Waals surface area contributed by atoms with Gasteiger partial charge in [0.15, 0.2) is 10.9 Å². The number of aryl methyl sites for hydroxylation is 3. The molecule has 1 spiro atoms. The third-order valence-electron chi connectivity index (χ3n) is 4.91. The molecule has 0 unspecified atom stereocenters. The average Bonchev–Trinajstić information content (AvgIpc) is 2.54. The Kier molecular flexibility index (Phi) is 4.90. The van der Waals surface area contributed by atoms with Gasteiger partial charge in [0.2, 0.25) is 0 Å². The molecular weight excluding hydrogens is 308 g/mol. The molecule has 0 atom stereocenters. The maximum absolute atomic E-state index is 5.89. The minimum atomic E-state index is -0.360. The molecule has 2 fully saturated rings. The smallest absolute Gasteiger partial charge is 0.173 e. The van der Waals surface area contributed by atoms with Crippen molar-refractivity contribution in [2.24, 2.45) is 0 Å². The van der Waals surface area contributed by atoms with E-state index < -0.39 is 0 Å². The first kappa shape index (κ1) is 16.7. The van der Waals surface area contributed by atoms with Gasteiger partial charge < -0.3 is 19.7 Å². The molecule has 4 nitrogen and oxygen atoms in total. The molecular formula is C18H26N2O2S. The van der Waals surface area contributed by atoms with Crippen molar-refractivity contribution >= 4 is 23.0 Å². The van der Waals surface area contributed by atoms with Gasteiger partial charge in [-0.3, -0.25) is 0 Å². The van der Waals surface area contributed by atoms with Gasteiger partial charge in [-0.2, -0.15) is 0 Å². The number of nitrogens with one attached hydrogen (secondary N) is 1. The summed E-state index contributed by atoms with van der Waals surface area (Å²) >= 11 is 5.61. The van der Waals surface area contributed by atoms with E-state index >= 15 is 0 Å². The van der Waals surface area contributed by atoms with E-state index in [-0.39, 0.29) is 5.79 Å². The van der Waals surface area contributed by atoms with Crippen LogP contribution >= 0.6 is 12.2 Å². The van der Waals surface area contributed by atoms with Gasteiger partial charge >= 0.3 is 0 Å². The van der Waals surface area contributed by atoms with Gasteiger partial charge in [-0.1, -0.05) is 6.07 Å². The Bertz CT molecular complexity index is 587. The van der Waals surface area contributed by atoms with Crippen molar-refractivity contribution in [3.05, 3.63) is 28.8 Å². The van der Waals surface area contributed by atoms with E-state index in [1.54, 1.807) is 0 Å². The molecule has 0 amide bonds. The molecule has 1 aromatic carbocycles. The summed E-state index contributed by atoms with van der Waals surface area (Å²) in [6.07, 6.45) is 2.75. The Hall–Kier alpha value is -1.17. The Morgan fingerprint density at radius 3 is 2.30 bits per heavy atom. The molecule has 0 aromatic heterocycles. The zero-order valence-electron chi connectivity index (χ0n) is 14.3. The summed E-state index contributed by atoms with van der Waals surface area (Å²) in [5.74, 6) is -0.360. The molecule has 5 heteroatoms. The largest absolute Gasteiger partial charge is 0.350 e. The lowest BCUT2D eigenvalue weighted by molar-refractivity contribution is -0.281. The van der Waals surface area contributed by atoms with Gasteiger partial charge in [-0.05, 0) is 62.2 Å². The van der Waals surface area contributed by atoms with E-state index in [4.69, 9.17) is 21.7 Å². The number of rotatable bonds is 1. The lowest BCUT2D eigenvalue weighted by Crippen LogP contribution is -2.52. The lowest BCUT2D eigenvalue weighted by atomic mass is 10.0. The highest BCUT2D eigenvalue weighted by Gasteiger charge is 2.38. The monoisotopic (exact) mass is 334 g/mol. The van der Waals surface area contributed by atoms with Crippen LogP contribution in [0, 0.1) is 20.8 Å². The van der Waals surface area contributed by atoms with Gasteiger partial charge in [0.05, 0.1) is 13.2 Å². The van der Waals surface area contributed by atoms with Crippen molar-refractivity contribution in [2.45, 2.75) is 45.8 Å². The van der Waals surface area contributed by atoms with Crippen LogP contribution in [-0.2, 0) is 9.47 Å². The quantitative estimate of drug-likeness (QED) is 0.795. The van der Waals surface area contributed by atoms with Crippen LogP contribution in [0.3, 0.4) is 0 Å². The zero-order valence-corrected chi connectivity index (χ0v) is 15.1. The number of piperidine rings is 1. The van der Waals surface area contributed by atoms with Crippen LogP contribution in [0.15, 0.2) is 12.1 Å². The summed E-state index contributed by atoms with van der Waals surface area (Å²) in [4.78, 5) is 2.22. The maximum atomic E-state index is 5.89. The van der Waals surface area contributed by atoms with Crippen molar-refractivity contribution in [1.82, 2.24) is 4.90 Å². The van der Waals surface area contributed by atoms with Crippen molar-refractivity contribution in [3.8, 4) is 0 Å². The molecule has 3 rings (SSSR count). The fourth-order valence-corrected chi connectivity index (χ4v) is 3.54. The molecule has 2 heterocycles. The van der Waals surface area contributed by atoms with E-state index in [1.807, 2.05) is 0 Å². The minimum absolute atomic E-state index is 0.360. The summed E-state index contributed by atoms with van der Waals surface area (Å²) in [5, 5.41) is 4.21. The van der Waals surface area contributed by atoms with Gasteiger partial charge in [-0.25, -0.2) is 0 Å². The molecule has 0 saturated carbocycles. The second-order valence-electron chi connectivity index (χ2n) is 6.63. The summed E-state index contributed by atoms with van der Waals surface area (Å²) in [7, 11) is 0. The van der Waals surface area contributed by atoms with Crippen LogP contribution in [0.5, 0.6) is 0 Å². The van der Waals surface area contributed by atoms with E-state index in [1.165, 1.54) is 16.7 Å². The van der Waals surface area contributed by atoms with E-state index in [0.29, 0.717) is 0 Å². The van der Waals surface area contributed by atoms with Crippen LogP contribution < -0.4 is 5.32 Å². The number of hydrogen-bond acceptors (Lipinski definition) is 3. The van der Waals surface area contributed by atoms with Crippen molar-refractivity contribution in [1.29, 1.82) is 0 Å². The first-order valence-electron chi connectivity index (χ1n) is 8.41. The number of thiocarbonyl (C=S) groups is 1. The molecule has 23 heavy (non-hydrogen) atoms. The van der Waals surface area contributed by atoms with E-state index in [2.05, 4.69) is 43.1 Å². The fraction of sp³-hybridized carbons (Fsp3) is 0.611. The van der Waals surface area contributed by atoms with Gasteiger partial charge in [0, 0.05) is 31.6 Å². The number of nitrogens with zero attached hydrogens (tertiary/aromatic N) is 1. The highest BCUT2D eigenvalue weighted by molar-refractivity contribution is 7.80. The first-order valence-corrected chi connectivity index (χ1v) is 8.82. The topological polar surface area (TPSA) is 33.7 Å². The first-order chi connectivity index (χ1) is 11.0. The molecule has 1 N–H and O–H groups in total. The molecule has 2 aliphatic heterocycles. The molecule has 0 bridgehead atoms. The summed E-state index contributed by atoms with van der Waals surface area (Å²) in [5.41, 5.74) is 4.92. The standard InChI is InChI=1S/C18H26N2O2S/c1-13-11-15(3)16(12-14(13)2)19-17(23)20-7-5-18(6-8-20)21-9-4-10-22-18/h11-12H,4-10H2,1-3H3,(H,19,23). The van der Waals surface area contributed by atoms with Crippen LogP contribution in [0.2, 0.25) is 0 Å². The molecule has 126 valence electrons. The minimum Gasteiger partial charge on any atom is -0.350 e. The molecule has 0 radical (unpaired) electrons. The molecule has 2 aliphatic rings. The Morgan fingerprint density at radius 2 is 1.65 bits per heavy atom. The van der Waals surface area contributed by atoms with Crippen molar-refractivity contribution < 1.29 is 9.47 Å². The number of ether oxygens (including phenoxy) is 2. The SMILES string of the molecule is Cc1cc(C)c(NC(=S)N2CCC3(CC2)OCCCO3)cc1C. The highest BCUT2D eigenvalue weighted by Crippen LogP contribution is 2.31. The summed E-state index contributed by atoms with van der Waals surface area (Å²) in [6, 6.07) is 4.38. The Balaban J connectivity index is 1.60. The van der Waals surface area contributed by atoms with Crippen LogP contribution in [-0.4, -0.2) is 42.1 Å². The average molecular weight is 334 g/mol. The summed E-state index contributed by atoms with van der Waals surface area (Å²) in [6.45, 7) is 9.75. The molecule has 2 saturated heterocycles. The number of benzene rings is 1. The molecule has 0 aliphatic carbocycles. The van der Waals surface area contributed by atoms with Crippen LogP contribution in [0.1, 0.15) is 36.0 Å². The predicted molar refractivity (Wildman–Crippen MR) is 96.9 cm³/mol. The van der Waals surface area contributed by atoms with Gasteiger partial charge in [-0.15, -0.1) is 0 Å². The maximum Gasteiger partial charge on any atom is 0.173 e. The van der Waals surface area contributed by atoms with Gasteiger partial charge in [0.1, 0.15) is 0 Å². The van der Waals surface area contributed by atoms with E-state index in [0.717, 1.165) is 56.4 Å². The lowest BCUT2D eigenvalue weighted by Gasteiger charge is -2.44. The zero-order chi connectivity index (χ0) is 16.4. The summed E-state index contributed by atoms with van der Waals surface area (Å²) < 4.78 is 11.8. The Morgan fingerprint density at radius 1 is 1.04 bits per heavy atom. The fourth-order valence-electron chi connectivity index (χ4n) is 3.25. The highest BCUT2D eigenvalue weighted by atomic mass is 32.1. The van der Waals surface area contributed by atoms with Crippen LogP contribution in [0.25, 0.3) is 0 Å². The second-order valence-corrected chi connectivity index (χ2v) is 7.02. The van der Waals surface area contributed by atoms with Gasteiger partial charge in [0.25, 0.3) is 0 Å². The third kappa shape index (κ3) is 3.67. The molecule has 1 aromatic rings. The normalized spacial score (nSPS) is 20.6. The van der Waals surface area contributed by atoms with Crippen LogP contribution in [0.4, 0.5) is 5.69 Å². The van der Waals surface area contributed by atoms with Crippen molar-refractivity contribution in [3.63, 3.8) is 0 Å². The second kappa shape index (κ2) is 6.75. The van der Waals surface area contributed by atoms with Crippen molar-refractivity contribution in [2.75, 3.05) is 31.6 Å². The third-order valence-corrected chi connectivity index (χ3v) is 5.27. The number of anilines is 1.